The van der Waals surface area contributed by atoms with Crippen LogP contribution in [-0.2, 0) is 0 Å². The standard InChI is InChI=1S/C30H42N8O2.ClH/c39-29(37-25-13-9-23(10-14-25)27-31-19-20-32-27)35-17-7-5-3-1-2-4-6-8-18-36-30(40)38-26-15-11-24(12-16-26)28-33-21-22-34-28;/h9-16H,1-8,17-22H2,(H,31,32)(H,33,34)(H2,35,37,39)(H2,36,38,40);1H. The van der Waals surface area contributed by atoms with Crippen LogP contribution in [0.3, 0.4) is 0 Å². The molecule has 2 heterocycles. The molecule has 222 valence electrons. The SMILES string of the molecule is Cl.O=C(NCCCCCCCCCCNC(=O)Nc1ccc(C2=NCCN2)cc1)Nc1ccc(C2=NCCN2)cc1. The van der Waals surface area contributed by atoms with Gasteiger partial charge in [0.25, 0.3) is 0 Å². The lowest BCUT2D eigenvalue weighted by Gasteiger charge is -2.09. The lowest BCUT2D eigenvalue weighted by molar-refractivity contribution is 0.251. The second-order valence-electron chi connectivity index (χ2n) is 10.1. The Morgan fingerprint density at radius 3 is 1.29 bits per heavy atom. The number of nitrogens with one attached hydrogen (secondary N) is 6. The summed E-state index contributed by atoms with van der Waals surface area (Å²) in [5, 5.41) is 18.1. The summed E-state index contributed by atoms with van der Waals surface area (Å²) in [6.07, 6.45) is 8.91. The van der Waals surface area contributed by atoms with Crippen LogP contribution in [0.25, 0.3) is 0 Å². The smallest absolute Gasteiger partial charge is 0.319 e. The highest BCUT2D eigenvalue weighted by atomic mass is 35.5. The molecule has 10 nitrogen and oxygen atoms in total. The van der Waals surface area contributed by atoms with Crippen molar-refractivity contribution in [2.45, 2.75) is 51.4 Å². The lowest BCUT2D eigenvalue weighted by Crippen LogP contribution is -2.29. The van der Waals surface area contributed by atoms with E-state index < -0.39 is 0 Å². The Kier molecular flexibility index (Phi) is 13.8. The molecule has 0 saturated carbocycles. The Hall–Kier alpha value is -3.79. The van der Waals surface area contributed by atoms with Gasteiger partial charge in [-0.1, -0.05) is 38.5 Å². The maximum absolute atomic E-state index is 12.1. The first kappa shape index (κ1) is 31.7. The number of anilines is 2. The summed E-state index contributed by atoms with van der Waals surface area (Å²) in [6.45, 7) is 4.73. The van der Waals surface area contributed by atoms with Gasteiger partial charge in [0.15, 0.2) is 0 Å². The van der Waals surface area contributed by atoms with Gasteiger partial charge in [-0.3, -0.25) is 9.98 Å². The summed E-state index contributed by atoms with van der Waals surface area (Å²) in [5.74, 6) is 1.83. The average molecular weight is 583 g/mol. The van der Waals surface area contributed by atoms with Gasteiger partial charge in [0.1, 0.15) is 11.7 Å². The highest BCUT2D eigenvalue weighted by Gasteiger charge is 2.09. The zero-order chi connectivity index (χ0) is 27.8. The van der Waals surface area contributed by atoms with E-state index in [9.17, 15) is 9.59 Å². The van der Waals surface area contributed by atoms with E-state index >= 15 is 0 Å². The molecular weight excluding hydrogens is 540 g/mol. The quantitative estimate of drug-likeness (QED) is 0.167. The molecule has 0 bridgehead atoms. The molecule has 0 aromatic heterocycles. The first-order chi connectivity index (χ1) is 19.7. The first-order valence-electron chi connectivity index (χ1n) is 14.5. The number of hydrogen-bond donors (Lipinski definition) is 6. The second kappa shape index (κ2) is 17.8. The molecule has 6 N–H and O–H groups in total. The number of amidine groups is 2. The molecule has 41 heavy (non-hydrogen) atoms. The molecule has 0 aliphatic carbocycles. The Bertz CT molecular complexity index is 1060. The Morgan fingerprint density at radius 1 is 0.585 bits per heavy atom. The van der Waals surface area contributed by atoms with E-state index in [1.807, 2.05) is 48.5 Å². The predicted octanol–water partition coefficient (Wildman–Crippen LogP) is 4.87. The zero-order valence-electron chi connectivity index (χ0n) is 23.6. The van der Waals surface area contributed by atoms with Crippen molar-refractivity contribution in [1.82, 2.24) is 21.3 Å². The summed E-state index contributed by atoms with van der Waals surface area (Å²) in [6, 6.07) is 15.1. The third kappa shape index (κ3) is 11.3. The highest BCUT2D eigenvalue weighted by molar-refractivity contribution is 6.01. The van der Waals surface area contributed by atoms with Crippen molar-refractivity contribution in [3.05, 3.63) is 59.7 Å². The van der Waals surface area contributed by atoms with Crippen LogP contribution in [-0.4, -0.2) is 63.0 Å². The minimum atomic E-state index is -0.170. The van der Waals surface area contributed by atoms with Crippen molar-refractivity contribution >= 4 is 47.5 Å². The van der Waals surface area contributed by atoms with Crippen molar-refractivity contribution in [3.63, 3.8) is 0 Å². The van der Waals surface area contributed by atoms with Crippen molar-refractivity contribution in [3.8, 4) is 0 Å². The molecule has 0 saturated heterocycles. The number of rotatable bonds is 15. The number of benzene rings is 2. The number of halogens is 1. The van der Waals surface area contributed by atoms with Gasteiger partial charge in [-0.05, 0) is 61.4 Å². The maximum Gasteiger partial charge on any atom is 0.319 e. The molecule has 0 fully saturated rings. The van der Waals surface area contributed by atoms with E-state index in [1.54, 1.807) is 0 Å². The van der Waals surface area contributed by atoms with Crippen LogP contribution in [0, 0.1) is 0 Å². The fraction of sp³-hybridized carbons (Fsp3) is 0.467. The van der Waals surface area contributed by atoms with Crippen LogP contribution in [0.4, 0.5) is 21.0 Å². The van der Waals surface area contributed by atoms with E-state index in [1.165, 1.54) is 25.7 Å². The lowest BCUT2D eigenvalue weighted by atomic mass is 10.1. The van der Waals surface area contributed by atoms with Gasteiger partial charge in [-0.2, -0.15) is 0 Å². The molecule has 2 aromatic rings. The fourth-order valence-corrected chi connectivity index (χ4v) is 4.67. The molecule has 2 aliphatic rings. The highest BCUT2D eigenvalue weighted by Crippen LogP contribution is 2.13. The topological polar surface area (TPSA) is 131 Å². The zero-order valence-corrected chi connectivity index (χ0v) is 24.5. The number of amides is 4. The number of urea groups is 2. The molecule has 11 heteroatoms. The van der Waals surface area contributed by atoms with Crippen molar-refractivity contribution in [2.24, 2.45) is 9.98 Å². The maximum atomic E-state index is 12.1. The van der Waals surface area contributed by atoms with Gasteiger partial charge in [0.05, 0.1) is 13.1 Å². The van der Waals surface area contributed by atoms with Crippen molar-refractivity contribution in [2.75, 3.05) is 49.9 Å². The number of carbonyl (C=O) groups is 2. The normalized spacial score (nSPS) is 13.7. The average Bonchev–Trinajstić information content (AvgIpc) is 3.70. The molecule has 0 radical (unpaired) electrons. The van der Waals surface area contributed by atoms with Gasteiger partial charge in [0, 0.05) is 48.7 Å². The van der Waals surface area contributed by atoms with Gasteiger partial charge in [-0.15, -0.1) is 12.4 Å². The van der Waals surface area contributed by atoms with Gasteiger partial charge in [0.2, 0.25) is 0 Å². The molecule has 0 spiro atoms. The molecule has 2 aliphatic heterocycles. The van der Waals surface area contributed by atoms with E-state index in [0.717, 1.165) is 86.0 Å². The minimum absolute atomic E-state index is 0. The minimum Gasteiger partial charge on any atom is -0.368 e. The molecule has 0 atom stereocenters. The van der Waals surface area contributed by atoms with Gasteiger partial charge < -0.3 is 31.9 Å². The largest absolute Gasteiger partial charge is 0.368 e. The number of aliphatic imine (C=N–C) groups is 2. The predicted molar refractivity (Wildman–Crippen MR) is 170 cm³/mol. The summed E-state index contributed by atoms with van der Waals surface area (Å²) in [7, 11) is 0. The summed E-state index contributed by atoms with van der Waals surface area (Å²) < 4.78 is 0. The summed E-state index contributed by atoms with van der Waals surface area (Å²) in [4.78, 5) is 33.0. The van der Waals surface area contributed by atoms with Crippen LogP contribution in [0.2, 0.25) is 0 Å². The van der Waals surface area contributed by atoms with E-state index in [4.69, 9.17) is 0 Å². The number of carbonyl (C=O) groups excluding carboxylic acids is 2. The van der Waals surface area contributed by atoms with E-state index in [-0.39, 0.29) is 24.5 Å². The second-order valence-corrected chi connectivity index (χ2v) is 10.1. The fourth-order valence-electron chi connectivity index (χ4n) is 4.67. The Labute approximate surface area is 249 Å². The third-order valence-corrected chi connectivity index (χ3v) is 6.86. The van der Waals surface area contributed by atoms with Crippen LogP contribution in [0.1, 0.15) is 62.5 Å². The monoisotopic (exact) mass is 582 g/mol. The Balaban J connectivity index is 0.00000462. The number of hydrogen-bond acceptors (Lipinski definition) is 6. The molecule has 0 unspecified atom stereocenters. The van der Waals surface area contributed by atoms with Crippen LogP contribution >= 0.6 is 12.4 Å². The molecular formula is C30H43ClN8O2. The Morgan fingerprint density at radius 2 is 0.951 bits per heavy atom. The number of unbranched alkanes of at least 4 members (excludes halogenated alkanes) is 7. The van der Waals surface area contributed by atoms with Crippen molar-refractivity contribution < 1.29 is 9.59 Å². The van der Waals surface area contributed by atoms with Crippen LogP contribution < -0.4 is 31.9 Å². The third-order valence-electron chi connectivity index (χ3n) is 6.86. The molecule has 4 amide bonds. The van der Waals surface area contributed by atoms with Crippen LogP contribution in [0.15, 0.2) is 58.5 Å². The molecule has 2 aromatic carbocycles. The van der Waals surface area contributed by atoms with Gasteiger partial charge >= 0.3 is 12.1 Å². The first-order valence-corrected chi connectivity index (χ1v) is 14.5. The molecule has 4 rings (SSSR count). The van der Waals surface area contributed by atoms with Crippen molar-refractivity contribution in [1.29, 1.82) is 0 Å². The number of nitrogens with zero attached hydrogens (tertiary/aromatic N) is 2. The van der Waals surface area contributed by atoms with E-state index in [2.05, 4.69) is 41.9 Å². The van der Waals surface area contributed by atoms with Crippen LogP contribution in [0.5, 0.6) is 0 Å². The van der Waals surface area contributed by atoms with E-state index in [0.29, 0.717) is 13.1 Å². The summed E-state index contributed by atoms with van der Waals surface area (Å²) >= 11 is 0. The summed E-state index contributed by atoms with van der Waals surface area (Å²) in [5.41, 5.74) is 3.62. The van der Waals surface area contributed by atoms with Gasteiger partial charge in [-0.25, -0.2) is 9.59 Å².